The molecule has 5 nitrogen and oxygen atoms in total. The van der Waals surface area contributed by atoms with E-state index in [0.29, 0.717) is 6.61 Å². The van der Waals surface area contributed by atoms with Crippen molar-refractivity contribution >= 4 is 11.8 Å². The van der Waals surface area contributed by atoms with Crippen LogP contribution in [0.25, 0.3) is 0 Å². The minimum atomic E-state index is -0.942. The fourth-order valence-corrected chi connectivity index (χ4v) is 2.03. The zero-order valence-electron chi connectivity index (χ0n) is 10.0. The van der Waals surface area contributed by atoms with Crippen molar-refractivity contribution in [2.45, 2.75) is 20.0 Å². The second-order valence-electron chi connectivity index (χ2n) is 4.30. The SMILES string of the molecule is Cc1cc(C(=O)O)cnc1N1CCOC(C)C1. The third-order valence-corrected chi connectivity index (χ3v) is 2.84. The molecule has 0 amide bonds. The highest BCUT2D eigenvalue weighted by molar-refractivity contribution is 5.87. The lowest BCUT2D eigenvalue weighted by Crippen LogP contribution is -2.41. The molecular weight excluding hydrogens is 220 g/mol. The van der Waals surface area contributed by atoms with E-state index in [1.54, 1.807) is 6.07 Å². The number of aromatic carboxylic acids is 1. The average molecular weight is 236 g/mol. The van der Waals surface area contributed by atoms with E-state index in [4.69, 9.17) is 9.84 Å². The molecule has 0 saturated carbocycles. The first-order chi connectivity index (χ1) is 8.08. The third kappa shape index (κ3) is 2.55. The molecule has 5 heteroatoms. The van der Waals surface area contributed by atoms with Gasteiger partial charge in [0.15, 0.2) is 0 Å². The molecule has 0 spiro atoms. The maximum Gasteiger partial charge on any atom is 0.337 e. The lowest BCUT2D eigenvalue weighted by Gasteiger charge is -2.32. The second kappa shape index (κ2) is 4.71. The Morgan fingerprint density at radius 2 is 2.41 bits per heavy atom. The fourth-order valence-electron chi connectivity index (χ4n) is 2.03. The molecule has 1 N–H and O–H groups in total. The monoisotopic (exact) mass is 236 g/mol. The highest BCUT2D eigenvalue weighted by Crippen LogP contribution is 2.20. The van der Waals surface area contributed by atoms with Crippen molar-refractivity contribution in [3.63, 3.8) is 0 Å². The number of nitrogens with zero attached hydrogens (tertiary/aromatic N) is 2. The number of pyridine rings is 1. The molecule has 1 saturated heterocycles. The number of carbonyl (C=O) groups is 1. The number of carboxylic acid groups (broad SMARTS) is 1. The molecule has 1 aromatic heterocycles. The molecule has 2 rings (SSSR count). The summed E-state index contributed by atoms with van der Waals surface area (Å²) in [7, 11) is 0. The Kier molecular flexibility index (Phi) is 3.28. The summed E-state index contributed by atoms with van der Waals surface area (Å²) in [6.45, 7) is 6.18. The van der Waals surface area contributed by atoms with Crippen LogP contribution in [-0.4, -0.2) is 41.9 Å². The number of morpholine rings is 1. The minimum Gasteiger partial charge on any atom is -0.478 e. The highest BCUT2D eigenvalue weighted by Gasteiger charge is 2.19. The number of aryl methyl sites for hydroxylation is 1. The molecule has 17 heavy (non-hydrogen) atoms. The van der Waals surface area contributed by atoms with Gasteiger partial charge in [-0.05, 0) is 25.5 Å². The van der Waals surface area contributed by atoms with Crippen LogP contribution in [0.3, 0.4) is 0 Å². The first-order valence-corrected chi connectivity index (χ1v) is 5.64. The van der Waals surface area contributed by atoms with E-state index in [1.165, 1.54) is 6.20 Å². The predicted molar refractivity (Wildman–Crippen MR) is 63.6 cm³/mol. The maximum atomic E-state index is 10.8. The molecule has 92 valence electrons. The van der Waals surface area contributed by atoms with Gasteiger partial charge in [-0.25, -0.2) is 9.78 Å². The van der Waals surface area contributed by atoms with Gasteiger partial charge in [0.1, 0.15) is 5.82 Å². The van der Waals surface area contributed by atoms with Crippen LogP contribution in [0.4, 0.5) is 5.82 Å². The van der Waals surface area contributed by atoms with Crippen LogP contribution in [0.15, 0.2) is 12.3 Å². The Bertz CT molecular complexity index is 434. The standard InChI is InChI=1S/C12H16N2O3/c1-8-5-10(12(15)16)6-13-11(8)14-3-4-17-9(2)7-14/h5-6,9H,3-4,7H2,1-2H3,(H,15,16). The lowest BCUT2D eigenvalue weighted by molar-refractivity contribution is 0.0528. The molecule has 1 aliphatic rings. The Balaban J connectivity index is 2.23. The summed E-state index contributed by atoms with van der Waals surface area (Å²) in [4.78, 5) is 17.2. The van der Waals surface area contributed by atoms with Gasteiger partial charge in [-0.1, -0.05) is 0 Å². The van der Waals surface area contributed by atoms with E-state index >= 15 is 0 Å². The summed E-state index contributed by atoms with van der Waals surface area (Å²) >= 11 is 0. The van der Waals surface area contributed by atoms with Crippen LogP contribution >= 0.6 is 0 Å². The second-order valence-corrected chi connectivity index (χ2v) is 4.30. The van der Waals surface area contributed by atoms with Gasteiger partial charge in [0.25, 0.3) is 0 Å². The number of hydrogen-bond acceptors (Lipinski definition) is 4. The molecule has 0 aromatic carbocycles. The van der Waals surface area contributed by atoms with Crippen LogP contribution in [0.2, 0.25) is 0 Å². The summed E-state index contributed by atoms with van der Waals surface area (Å²) in [5.74, 6) is -0.0901. The van der Waals surface area contributed by atoms with E-state index < -0.39 is 5.97 Å². The molecule has 1 unspecified atom stereocenters. The van der Waals surface area contributed by atoms with E-state index in [2.05, 4.69) is 9.88 Å². The molecule has 1 fully saturated rings. The summed E-state index contributed by atoms with van der Waals surface area (Å²) < 4.78 is 5.47. The van der Waals surface area contributed by atoms with Crippen LogP contribution < -0.4 is 4.90 Å². The highest BCUT2D eigenvalue weighted by atomic mass is 16.5. The molecule has 0 aliphatic carbocycles. The van der Waals surface area contributed by atoms with E-state index in [1.807, 2.05) is 13.8 Å². The van der Waals surface area contributed by atoms with Crippen molar-refractivity contribution < 1.29 is 14.6 Å². The van der Waals surface area contributed by atoms with Gasteiger partial charge < -0.3 is 14.7 Å². The number of carboxylic acids is 1. The van der Waals surface area contributed by atoms with Gasteiger partial charge in [0.2, 0.25) is 0 Å². The lowest BCUT2D eigenvalue weighted by atomic mass is 10.2. The van der Waals surface area contributed by atoms with Crippen molar-refractivity contribution in [2.75, 3.05) is 24.6 Å². The van der Waals surface area contributed by atoms with E-state index in [9.17, 15) is 4.79 Å². The maximum absolute atomic E-state index is 10.8. The fraction of sp³-hybridized carbons (Fsp3) is 0.500. The molecule has 1 aromatic rings. The summed E-state index contributed by atoms with van der Waals surface area (Å²) in [5, 5.41) is 8.88. The van der Waals surface area contributed by atoms with Gasteiger partial charge in [-0.15, -0.1) is 0 Å². The van der Waals surface area contributed by atoms with E-state index in [0.717, 1.165) is 24.5 Å². The third-order valence-electron chi connectivity index (χ3n) is 2.84. The molecule has 1 aliphatic heterocycles. The van der Waals surface area contributed by atoms with Crippen molar-refractivity contribution in [2.24, 2.45) is 0 Å². The van der Waals surface area contributed by atoms with Crippen molar-refractivity contribution in [3.05, 3.63) is 23.4 Å². The topological polar surface area (TPSA) is 62.7 Å². The van der Waals surface area contributed by atoms with Gasteiger partial charge in [-0.3, -0.25) is 0 Å². The van der Waals surface area contributed by atoms with E-state index in [-0.39, 0.29) is 11.7 Å². The van der Waals surface area contributed by atoms with Gasteiger partial charge in [-0.2, -0.15) is 0 Å². The Hall–Kier alpha value is -1.62. The minimum absolute atomic E-state index is 0.184. The van der Waals surface area contributed by atoms with Crippen molar-refractivity contribution in [1.82, 2.24) is 4.98 Å². The van der Waals surface area contributed by atoms with Gasteiger partial charge in [0, 0.05) is 19.3 Å². The summed E-state index contributed by atoms with van der Waals surface area (Å²) in [6, 6.07) is 1.66. The van der Waals surface area contributed by atoms with Crippen molar-refractivity contribution in [1.29, 1.82) is 0 Å². The summed E-state index contributed by atoms with van der Waals surface area (Å²) in [6.07, 6.45) is 1.59. The molecule has 1 atom stereocenters. The Morgan fingerprint density at radius 1 is 1.65 bits per heavy atom. The van der Waals surface area contributed by atoms with Crippen LogP contribution in [0.1, 0.15) is 22.8 Å². The number of hydrogen-bond donors (Lipinski definition) is 1. The largest absolute Gasteiger partial charge is 0.478 e. The zero-order chi connectivity index (χ0) is 12.4. The number of ether oxygens (including phenoxy) is 1. The van der Waals surface area contributed by atoms with Crippen LogP contribution in [0.5, 0.6) is 0 Å². The average Bonchev–Trinajstić information content (AvgIpc) is 2.28. The van der Waals surface area contributed by atoms with Crippen LogP contribution in [0, 0.1) is 6.92 Å². The first-order valence-electron chi connectivity index (χ1n) is 5.64. The zero-order valence-corrected chi connectivity index (χ0v) is 10.0. The number of rotatable bonds is 2. The summed E-state index contributed by atoms with van der Waals surface area (Å²) in [5.41, 5.74) is 1.12. The number of anilines is 1. The predicted octanol–water partition coefficient (Wildman–Crippen LogP) is 1.31. The van der Waals surface area contributed by atoms with Crippen LogP contribution in [-0.2, 0) is 4.74 Å². The van der Waals surface area contributed by atoms with Crippen molar-refractivity contribution in [3.8, 4) is 0 Å². The molecule has 0 radical (unpaired) electrons. The number of aromatic nitrogens is 1. The molecule has 0 bridgehead atoms. The quantitative estimate of drug-likeness (QED) is 0.839. The normalized spacial score (nSPS) is 20.4. The molecule has 2 heterocycles. The smallest absolute Gasteiger partial charge is 0.337 e. The first kappa shape index (κ1) is 11.9. The van der Waals surface area contributed by atoms with Gasteiger partial charge in [0.05, 0.1) is 18.3 Å². The molecular formula is C12H16N2O3. The van der Waals surface area contributed by atoms with Gasteiger partial charge >= 0.3 is 5.97 Å². The Labute approximate surface area is 100 Å². The Morgan fingerprint density at radius 3 is 3.00 bits per heavy atom.